The number of hydrogen-bond donors (Lipinski definition) is 1. The van der Waals surface area contributed by atoms with E-state index in [9.17, 15) is 9.59 Å². The van der Waals surface area contributed by atoms with Crippen molar-refractivity contribution in [3.8, 4) is 0 Å². The predicted molar refractivity (Wildman–Crippen MR) is 97.9 cm³/mol. The SMILES string of the molecule is O=C(Nc1ccccc1)c1nnc(CSCC(=O)N2CCOCC2)s1. The molecule has 1 fully saturated rings. The van der Waals surface area contributed by atoms with Gasteiger partial charge in [0, 0.05) is 24.5 Å². The van der Waals surface area contributed by atoms with Crippen LogP contribution in [0.25, 0.3) is 0 Å². The van der Waals surface area contributed by atoms with E-state index in [2.05, 4.69) is 15.5 Å². The Morgan fingerprint density at radius 3 is 2.72 bits per heavy atom. The number of rotatable bonds is 6. The second kappa shape index (κ2) is 8.93. The first-order valence-corrected chi connectivity index (χ1v) is 9.81. The standard InChI is InChI=1S/C16H18N4O3S2/c21-14(20-6-8-23-9-7-20)11-24-10-13-18-19-16(25-13)15(22)17-12-4-2-1-3-5-12/h1-5H,6-11H2,(H,17,22). The van der Waals surface area contributed by atoms with Crippen LogP contribution in [-0.2, 0) is 15.3 Å². The highest BCUT2D eigenvalue weighted by molar-refractivity contribution is 7.99. The average molecular weight is 378 g/mol. The van der Waals surface area contributed by atoms with E-state index in [4.69, 9.17) is 4.74 Å². The largest absolute Gasteiger partial charge is 0.378 e. The van der Waals surface area contributed by atoms with Crippen molar-refractivity contribution in [2.75, 3.05) is 37.4 Å². The number of benzene rings is 1. The molecule has 0 aliphatic carbocycles. The lowest BCUT2D eigenvalue weighted by atomic mass is 10.3. The molecule has 0 radical (unpaired) electrons. The Balaban J connectivity index is 1.45. The highest BCUT2D eigenvalue weighted by Crippen LogP contribution is 2.18. The minimum Gasteiger partial charge on any atom is -0.378 e. The number of thioether (sulfide) groups is 1. The van der Waals surface area contributed by atoms with Crippen LogP contribution in [0.15, 0.2) is 30.3 Å². The first-order valence-electron chi connectivity index (χ1n) is 7.84. The number of amides is 2. The van der Waals surface area contributed by atoms with Gasteiger partial charge in [-0.3, -0.25) is 9.59 Å². The van der Waals surface area contributed by atoms with Gasteiger partial charge in [-0.2, -0.15) is 0 Å². The lowest BCUT2D eigenvalue weighted by Gasteiger charge is -2.26. The fraction of sp³-hybridized carbons (Fsp3) is 0.375. The summed E-state index contributed by atoms with van der Waals surface area (Å²) < 4.78 is 5.24. The van der Waals surface area contributed by atoms with Gasteiger partial charge in [-0.1, -0.05) is 29.5 Å². The van der Waals surface area contributed by atoms with Crippen LogP contribution in [-0.4, -0.2) is 59.0 Å². The molecule has 2 aromatic rings. The summed E-state index contributed by atoms with van der Waals surface area (Å²) in [5, 5.41) is 11.8. The molecule has 9 heteroatoms. The molecule has 1 saturated heterocycles. The maximum Gasteiger partial charge on any atom is 0.286 e. The van der Waals surface area contributed by atoms with Crippen LogP contribution in [0.4, 0.5) is 5.69 Å². The van der Waals surface area contributed by atoms with E-state index in [1.54, 1.807) is 0 Å². The number of morpholine rings is 1. The van der Waals surface area contributed by atoms with Crippen LogP contribution in [0.1, 0.15) is 14.8 Å². The van der Waals surface area contributed by atoms with Crippen LogP contribution in [0, 0.1) is 0 Å². The van der Waals surface area contributed by atoms with Crippen LogP contribution in [0.3, 0.4) is 0 Å². The molecule has 3 rings (SSSR count). The number of hydrogen-bond acceptors (Lipinski definition) is 7. The Morgan fingerprint density at radius 1 is 1.20 bits per heavy atom. The summed E-state index contributed by atoms with van der Waals surface area (Å²) in [6, 6.07) is 9.21. The maximum atomic E-state index is 12.1. The highest BCUT2D eigenvalue weighted by Gasteiger charge is 2.17. The fourth-order valence-electron chi connectivity index (χ4n) is 2.24. The number of nitrogens with zero attached hydrogens (tertiary/aromatic N) is 3. The number of para-hydroxylation sites is 1. The van der Waals surface area contributed by atoms with Gasteiger partial charge in [0.2, 0.25) is 10.9 Å². The van der Waals surface area contributed by atoms with Gasteiger partial charge < -0.3 is 15.0 Å². The van der Waals surface area contributed by atoms with Crippen LogP contribution in [0.2, 0.25) is 0 Å². The third-order valence-corrected chi connectivity index (χ3v) is 5.54. The summed E-state index contributed by atoms with van der Waals surface area (Å²) >= 11 is 2.73. The summed E-state index contributed by atoms with van der Waals surface area (Å²) in [6.07, 6.45) is 0. The molecule has 0 bridgehead atoms. The molecule has 7 nitrogen and oxygen atoms in total. The van der Waals surface area contributed by atoms with Gasteiger partial charge in [0.25, 0.3) is 5.91 Å². The Hall–Kier alpha value is -1.97. The molecule has 25 heavy (non-hydrogen) atoms. The van der Waals surface area contributed by atoms with Crippen molar-refractivity contribution < 1.29 is 14.3 Å². The van der Waals surface area contributed by atoms with Gasteiger partial charge in [-0.25, -0.2) is 0 Å². The normalized spacial score (nSPS) is 14.3. The molecule has 0 saturated carbocycles. The third kappa shape index (κ3) is 5.25. The van der Waals surface area contributed by atoms with Crippen LogP contribution in [0.5, 0.6) is 0 Å². The molecular formula is C16H18N4O3S2. The lowest BCUT2D eigenvalue weighted by Crippen LogP contribution is -2.41. The van der Waals surface area contributed by atoms with Crippen molar-refractivity contribution in [2.45, 2.75) is 5.75 Å². The Bertz CT molecular complexity index is 717. The van der Waals surface area contributed by atoms with Crippen molar-refractivity contribution in [2.24, 2.45) is 0 Å². The first kappa shape index (κ1) is 17.8. The Labute approximate surface area is 153 Å². The summed E-state index contributed by atoms with van der Waals surface area (Å²) in [4.78, 5) is 26.0. The zero-order valence-electron chi connectivity index (χ0n) is 13.5. The number of anilines is 1. The summed E-state index contributed by atoms with van der Waals surface area (Å²) in [5.74, 6) is 0.793. The molecule has 132 valence electrons. The van der Waals surface area contributed by atoms with E-state index in [1.807, 2.05) is 35.2 Å². The van der Waals surface area contributed by atoms with Crippen molar-refractivity contribution in [1.29, 1.82) is 0 Å². The summed E-state index contributed by atoms with van der Waals surface area (Å²) in [6.45, 7) is 2.52. The highest BCUT2D eigenvalue weighted by atomic mass is 32.2. The molecular weight excluding hydrogens is 360 g/mol. The predicted octanol–water partition coefficient (Wildman–Crippen LogP) is 1.88. The maximum absolute atomic E-state index is 12.1. The van der Waals surface area contributed by atoms with Gasteiger partial charge in [-0.15, -0.1) is 22.0 Å². The zero-order chi connectivity index (χ0) is 17.5. The molecule has 1 N–H and O–H groups in total. The fourth-order valence-corrected chi connectivity index (χ4v) is 3.95. The van der Waals surface area contributed by atoms with E-state index in [-0.39, 0.29) is 11.8 Å². The minimum atomic E-state index is -0.274. The smallest absolute Gasteiger partial charge is 0.286 e. The topological polar surface area (TPSA) is 84.4 Å². The monoisotopic (exact) mass is 378 g/mol. The van der Waals surface area contributed by atoms with E-state index < -0.39 is 0 Å². The van der Waals surface area contributed by atoms with Gasteiger partial charge in [0.1, 0.15) is 5.01 Å². The second-order valence-corrected chi connectivity index (χ2v) is 7.35. The van der Waals surface area contributed by atoms with Crippen molar-refractivity contribution in [3.63, 3.8) is 0 Å². The van der Waals surface area contributed by atoms with Crippen molar-refractivity contribution >= 4 is 40.6 Å². The molecule has 1 aliphatic rings. The first-order chi connectivity index (χ1) is 12.2. The number of carbonyl (C=O) groups excluding carboxylic acids is 2. The molecule has 1 aliphatic heterocycles. The minimum absolute atomic E-state index is 0.111. The summed E-state index contributed by atoms with van der Waals surface area (Å²) in [7, 11) is 0. The average Bonchev–Trinajstić information content (AvgIpc) is 3.12. The molecule has 0 unspecified atom stereocenters. The third-order valence-electron chi connectivity index (χ3n) is 3.51. The Morgan fingerprint density at radius 2 is 1.96 bits per heavy atom. The van der Waals surface area contributed by atoms with Gasteiger partial charge in [-0.05, 0) is 12.1 Å². The number of ether oxygens (including phenoxy) is 1. The molecule has 1 aromatic carbocycles. The molecule has 2 heterocycles. The van der Waals surface area contributed by atoms with E-state index >= 15 is 0 Å². The number of nitrogens with one attached hydrogen (secondary N) is 1. The Kier molecular flexibility index (Phi) is 6.37. The molecule has 0 atom stereocenters. The van der Waals surface area contributed by atoms with Gasteiger partial charge in [0.05, 0.1) is 19.0 Å². The second-order valence-electron chi connectivity index (χ2n) is 5.31. The summed E-state index contributed by atoms with van der Waals surface area (Å²) in [5.41, 5.74) is 0.717. The van der Waals surface area contributed by atoms with Crippen LogP contribution < -0.4 is 5.32 Å². The van der Waals surface area contributed by atoms with E-state index in [1.165, 1.54) is 23.1 Å². The number of carbonyl (C=O) groups is 2. The van der Waals surface area contributed by atoms with E-state index in [0.29, 0.717) is 42.8 Å². The van der Waals surface area contributed by atoms with Crippen LogP contribution >= 0.6 is 23.1 Å². The van der Waals surface area contributed by atoms with Crippen molar-refractivity contribution in [3.05, 3.63) is 40.3 Å². The zero-order valence-corrected chi connectivity index (χ0v) is 15.1. The number of aromatic nitrogens is 2. The van der Waals surface area contributed by atoms with Gasteiger partial charge >= 0.3 is 0 Å². The quantitative estimate of drug-likeness (QED) is 0.826. The van der Waals surface area contributed by atoms with E-state index in [0.717, 1.165) is 10.7 Å². The van der Waals surface area contributed by atoms with Crippen molar-refractivity contribution in [1.82, 2.24) is 15.1 Å². The lowest BCUT2D eigenvalue weighted by molar-refractivity contribution is -0.132. The molecule has 0 spiro atoms. The molecule has 1 aromatic heterocycles. The molecule has 2 amide bonds. The van der Waals surface area contributed by atoms with Gasteiger partial charge in [0.15, 0.2) is 0 Å².